The third-order valence-electron chi connectivity index (χ3n) is 9.52. The number of urea groups is 1. The number of ether oxygens (including phenoxy) is 4. The van der Waals surface area contributed by atoms with Crippen molar-refractivity contribution in [2.45, 2.75) is 32.4 Å². The van der Waals surface area contributed by atoms with Crippen LogP contribution in [0, 0.1) is 0 Å². The van der Waals surface area contributed by atoms with Gasteiger partial charge in [0.25, 0.3) is 0 Å². The van der Waals surface area contributed by atoms with E-state index in [1.165, 1.54) is 0 Å². The summed E-state index contributed by atoms with van der Waals surface area (Å²) in [6.45, 7) is 6.87. The van der Waals surface area contributed by atoms with Gasteiger partial charge in [-0.1, -0.05) is 38.1 Å². The van der Waals surface area contributed by atoms with E-state index in [1.807, 2.05) is 74.5 Å². The van der Waals surface area contributed by atoms with E-state index in [4.69, 9.17) is 29.8 Å². The molecule has 15 heteroatoms. The number of carbonyl (C=O) groups excluding carboxylic acids is 2. The van der Waals surface area contributed by atoms with E-state index >= 15 is 0 Å². The molecule has 1 fully saturated rings. The Balaban J connectivity index is 1.08. The van der Waals surface area contributed by atoms with Gasteiger partial charge in [-0.2, -0.15) is 10.1 Å². The third kappa shape index (κ3) is 9.29. The summed E-state index contributed by atoms with van der Waals surface area (Å²) in [5.41, 5.74) is 9.69. The van der Waals surface area contributed by atoms with Gasteiger partial charge in [0, 0.05) is 67.0 Å². The number of methoxy groups -OCH3 is 2. The van der Waals surface area contributed by atoms with E-state index in [2.05, 4.69) is 30.8 Å². The molecule has 1 atom stereocenters. The molecule has 3 amide bonds. The fraction of sp³-hybridized carbons (Fsp3) is 0.262. The summed E-state index contributed by atoms with van der Waals surface area (Å²) in [6, 6.07) is 27.0. The van der Waals surface area contributed by atoms with E-state index in [1.54, 1.807) is 55.4 Å². The van der Waals surface area contributed by atoms with E-state index in [-0.39, 0.29) is 24.0 Å². The molecule has 1 aliphatic rings. The molecule has 15 nitrogen and oxygen atoms in total. The van der Waals surface area contributed by atoms with Crippen LogP contribution >= 0.6 is 0 Å². The highest BCUT2D eigenvalue weighted by molar-refractivity contribution is 6.07. The quantitative estimate of drug-likeness (QED) is 0.0890. The number of anilines is 4. The smallest absolute Gasteiger partial charge is 0.324 e. The molecule has 1 saturated heterocycles. The Bertz CT molecular complexity index is 2360. The van der Waals surface area contributed by atoms with Crippen LogP contribution in [0.1, 0.15) is 41.4 Å². The Hall–Kier alpha value is -6.55. The molecule has 6 aromatic rings. The normalized spacial score (nSPS) is 13.6. The van der Waals surface area contributed by atoms with Crippen molar-refractivity contribution in [2.24, 2.45) is 5.73 Å². The van der Waals surface area contributed by atoms with Crippen molar-refractivity contribution in [3.05, 3.63) is 114 Å². The fourth-order valence-corrected chi connectivity index (χ4v) is 6.58. The second-order valence-electron chi connectivity index (χ2n) is 13.7. The maximum Gasteiger partial charge on any atom is 0.324 e. The number of fused-ring (bicyclic) bond motifs is 1. The summed E-state index contributed by atoms with van der Waals surface area (Å²) >= 11 is 0. The first kappa shape index (κ1) is 38.7. The highest BCUT2D eigenvalue weighted by Crippen LogP contribution is 2.35. The van der Waals surface area contributed by atoms with Crippen molar-refractivity contribution < 1.29 is 28.5 Å². The van der Waals surface area contributed by atoms with Gasteiger partial charge in [0.1, 0.15) is 23.5 Å². The minimum absolute atomic E-state index is 0.146. The number of carbonyl (C=O) groups is 2. The van der Waals surface area contributed by atoms with Gasteiger partial charge in [0.15, 0.2) is 0 Å². The van der Waals surface area contributed by atoms with Gasteiger partial charge in [-0.25, -0.2) is 14.5 Å². The number of hydrogen-bond donors (Lipinski definition) is 4. The lowest BCUT2D eigenvalue weighted by atomic mass is 10.0. The predicted molar refractivity (Wildman–Crippen MR) is 218 cm³/mol. The van der Waals surface area contributed by atoms with Crippen LogP contribution in [0.3, 0.4) is 0 Å². The first-order chi connectivity index (χ1) is 27.7. The summed E-state index contributed by atoms with van der Waals surface area (Å²) < 4.78 is 24.6. The molecule has 2 aromatic heterocycles. The molecule has 1 unspecified atom stereocenters. The third-order valence-corrected chi connectivity index (χ3v) is 9.52. The van der Waals surface area contributed by atoms with Crippen LogP contribution in [0.4, 0.5) is 27.9 Å². The Labute approximate surface area is 330 Å². The van der Waals surface area contributed by atoms with E-state index in [0.717, 1.165) is 46.6 Å². The molecule has 0 saturated carbocycles. The molecule has 1 aliphatic heterocycles. The molecule has 57 heavy (non-hydrogen) atoms. The Kier molecular flexibility index (Phi) is 11.9. The zero-order valence-corrected chi connectivity index (χ0v) is 32.2. The van der Waals surface area contributed by atoms with Gasteiger partial charge < -0.3 is 35.3 Å². The van der Waals surface area contributed by atoms with Crippen molar-refractivity contribution in [3.63, 3.8) is 0 Å². The molecule has 294 valence electrons. The molecule has 0 spiro atoms. The van der Waals surface area contributed by atoms with Crippen LogP contribution in [-0.4, -0.2) is 83.3 Å². The topological polar surface area (TPSA) is 180 Å². The van der Waals surface area contributed by atoms with Gasteiger partial charge in [0.2, 0.25) is 17.7 Å². The second-order valence-corrected chi connectivity index (χ2v) is 13.7. The lowest BCUT2D eigenvalue weighted by molar-refractivity contribution is -0.0777. The SMILES string of the molecule is COc1ccc(-n2nc(C(C)C)cc2NC(=O)Nc2ccc(Oc3ccnc(Nc4cc(CC(OC)N5CCOCC5)cc(C(N)=O)c4)n3)c3ccccc23)cc1. The average molecular weight is 772 g/mol. The molecule has 4 aromatic carbocycles. The first-order valence-electron chi connectivity index (χ1n) is 18.6. The Morgan fingerprint density at radius 3 is 2.40 bits per heavy atom. The van der Waals surface area contributed by atoms with Gasteiger partial charge in [-0.05, 0) is 66.1 Å². The summed E-state index contributed by atoms with van der Waals surface area (Å²) in [5.74, 6) is 1.88. The van der Waals surface area contributed by atoms with Crippen molar-refractivity contribution in [1.29, 1.82) is 0 Å². The van der Waals surface area contributed by atoms with Gasteiger partial charge in [0.05, 0.1) is 37.4 Å². The Morgan fingerprint density at radius 2 is 1.68 bits per heavy atom. The summed E-state index contributed by atoms with van der Waals surface area (Å²) in [7, 11) is 3.28. The molecule has 0 bridgehead atoms. The Morgan fingerprint density at radius 1 is 0.912 bits per heavy atom. The summed E-state index contributed by atoms with van der Waals surface area (Å²) in [5, 5.41) is 15.4. The van der Waals surface area contributed by atoms with Crippen LogP contribution in [-0.2, 0) is 15.9 Å². The highest BCUT2D eigenvalue weighted by Gasteiger charge is 2.22. The second kappa shape index (κ2) is 17.5. The van der Waals surface area contributed by atoms with Crippen molar-refractivity contribution in [2.75, 3.05) is 56.5 Å². The zero-order chi connectivity index (χ0) is 39.9. The van der Waals surface area contributed by atoms with Crippen molar-refractivity contribution >= 4 is 45.9 Å². The minimum Gasteiger partial charge on any atom is -0.497 e. The molecule has 0 aliphatic carbocycles. The lowest BCUT2D eigenvalue weighted by Crippen LogP contribution is -2.45. The van der Waals surface area contributed by atoms with Crippen molar-refractivity contribution in [3.8, 4) is 23.1 Å². The molecule has 5 N–H and O–H groups in total. The number of rotatable bonds is 14. The number of benzene rings is 4. The number of morpholine rings is 1. The first-order valence-corrected chi connectivity index (χ1v) is 18.6. The largest absolute Gasteiger partial charge is 0.497 e. The van der Waals surface area contributed by atoms with Gasteiger partial charge >= 0.3 is 6.03 Å². The summed E-state index contributed by atoms with van der Waals surface area (Å²) in [6.07, 6.45) is 1.91. The zero-order valence-electron chi connectivity index (χ0n) is 32.2. The van der Waals surface area contributed by atoms with E-state index < -0.39 is 11.9 Å². The number of nitrogens with zero attached hydrogens (tertiary/aromatic N) is 5. The van der Waals surface area contributed by atoms with Crippen LogP contribution < -0.4 is 31.2 Å². The highest BCUT2D eigenvalue weighted by atomic mass is 16.5. The van der Waals surface area contributed by atoms with Crippen LogP contribution in [0.25, 0.3) is 16.5 Å². The molecular weight excluding hydrogens is 727 g/mol. The van der Waals surface area contributed by atoms with E-state index in [0.29, 0.717) is 48.1 Å². The number of aromatic nitrogens is 4. The maximum absolute atomic E-state index is 13.5. The number of primary amides is 1. The average Bonchev–Trinajstić information content (AvgIpc) is 3.65. The van der Waals surface area contributed by atoms with Crippen molar-refractivity contribution in [1.82, 2.24) is 24.6 Å². The lowest BCUT2D eigenvalue weighted by Gasteiger charge is -2.33. The minimum atomic E-state index is -0.555. The molecular formula is C42H45N9O6. The number of nitrogens with one attached hydrogen (secondary N) is 3. The maximum atomic E-state index is 13.5. The number of hydrogen-bond acceptors (Lipinski definition) is 11. The monoisotopic (exact) mass is 771 g/mol. The van der Waals surface area contributed by atoms with Crippen LogP contribution in [0.5, 0.6) is 17.4 Å². The van der Waals surface area contributed by atoms with E-state index in [9.17, 15) is 9.59 Å². The number of amides is 3. The summed E-state index contributed by atoms with van der Waals surface area (Å²) in [4.78, 5) is 37.0. The number of nitrogens with two attached hydrogens (primary N) is 1. The predicted octanol–water partition coefficient (Wildman–Crippen LogP) is 7.07. The molecule has 0 radical (unpaired) electrons. The fourth-order valence-electron chi connectivity index (χ4n) is 6.58. The van der Waals surface area contributed by atoms with Gasteiger partial charge in [-0.15, -0.1) is 0 Å². The molecule has 7 rings (SSSR count). The molecule has 3 heterocycles. The van der Waals surface area contributed by atoms with Gasteiger partial charge in [-0.3, -0.25) is 15.0 Å². The van der Waals surface area contributed by atoms with Crippen LogP contribution in [0.2, 0.25) is 0 Å². The standard InChI is InChI=1S/C42H45N9O6/c1-26(2)35-25-37(51(49-35)30-9-11-31(54-3)12-10-30)47-42(53)46-34-13-14-36(33-8-6-5-7-32(33)34)57-38-15-16-44-41(48-38)45-29-22-27(21-28(24-29)40(43)52)23-39(55-4)50-17-19-56-20-18-50/h5-16,21-22,24-26,39H,17-20,23H2,1-4H3,(H2,43,52)(H,44,45,48)(H2,46,47,53). The van der Waals surface area contributed by atoms with Crippen LogP contribution in [0.15, 0.2) is 97.2 Å².